The molecule has 2 heteroatoms. The molecule has 0 radical (unpaired) electrons. The molecule has 1 nitrogen and oxygen atoms in total. The Hall–Kier alpha value is -0.530. The van der Waals surface area contributed by atoms with E-state index in [2.05, 4.69) is 58.8 Å². The van der Waals surface area contributed by atoms with E-state index in [0.29, 0.717) is 18.4 Å². The second kappa shape index (κ2) is 4.86. The topological polar surface area (TPSA) is 9.23 Å². The Bertz CT molecular complexity index is 450. The molecule has 1 aromatic carbocycles. The molecule has 0 N–H and O–H groups in total. The minimum absolute atomic E-state index is 0.0995. The van der Waals surface area contributed by atoms with Gasteiger partial charge in [0.25, 0.3) is 0 Å². The van der Waals surface area contributed by atoms with Crippen LogP contribution >= 0.6 is 22.6 Å². The van der Waals surface area contributed by atoms with Crippen molar-refractivity contribution < 1.29 is 4.74 Å². The first-order valence-electron chi connectivity index (χ1n) is 6.57. The fourth-order valence-corrected chi connectivity index (χ4v) is 5.59. The van der Waals surface area contributed by atoms with Crippen molar-refractivity contribution in [2.24, 2.45) is 11.8 Å². The predicted octanol–water partition coefficient (Wildman–Crippen LogP) is 3.77. The minimum atomic E-state index is -0.0995. The van der Waals surface area contributed by atoms with E-state index in [0.717, 1.165) is 3.92 Å². The molecule has 0 amide bonds. The van der Waals surface area contributed by atoms with Crippen molar-refractivity contribution in [3.05, 3.63) is 35.9 Å². The zero-order valence-corrected chi connectivity index (χ0v) is 12.5. The normalized spacial score (nSPS) is 37.7. The van der Waals surface area contributed by atoms with Crippen LogP contribution in [0.2, 0.25) is 0 Å². The Morgan fingerprint density at radius 3 is 2.50 bits per heavy atom. The van der Waals surface area contributed by atoms with Crippen LogP contribution in [0.25, 0.3) is 0 Å². The van der Waals surface area contributed by atoms with Gasteiger partial charge in [-0.25, -0.2) is 0 Å². The van der Waals surface area contributed by atoms with Gasteiger partial charge in [0.05, 0.1) is 0 Å². The van der Waals surface area contributed by atoms with Crippen molar-refractivity contribution in [3.8, 4) is 12.3 Å². The van der Waals surface area contributed by atoms with Crippen molar-refractivity contribution in [2.75, 3.05) is 6.61 Å². The predicted molar refractivity (Wildman–Crippen MR) is 81.5 cm³/mol. The summed E-state index contributed by atoms with van der Waals surface area (Å²) in [6.45, 7) is 0.422. The summed E-state index contributed by atoms with van der Waals surface area (Å²) >= 11 is 2.60. The molecule has 2 saturated carbocycles. The fraction of sp³-hybridized carbons (Fsp3) is 0.500. The van der Waals surface area contributed by atoms with Crippen molar-refractivity contribution >= 4 is 22.6 Å². The van der Waals surface area contributed by atoms with Gasteiger partial charge in [0, 0.05) is 15.8 Å². The van der Waals surface area contributed by atoms with Gasteiger partial charge in [-0.05, 0) is 18.4 Å². The van der Waals surface area contributed by atoms with Crippen molar-refractivity contribution in [1.82, 2.24) is 0 Å². The van der Waals surface area contributed by atoms with Crippen molar-refractivity contribution in [3.63, 3.8) is 0 Å². The number of rotatable bonds is 3. The first-order chi connectivity index (χ1) is 8.80. The zero-order chi connectivity index (χ0) is 12.6. The second-order valence-electron chi connectivity index (χ2n) is 5.24. The Labute approximate surface area is 122 Å². The molecule has 2 aliphatic carbocycles. The van der Waals surface area contributed by atoms with Gasteiger partial charge in [0.1, 0.15) is 12.2 Å². The van der Waals surface area contributed by atoms with Crippen molar-refractivity contribution in [1.29, 1.82) is 0 Å². The van der Waals surface area contributed by atoms with E-state index in [1.54, 1.807) is 0 Å². The van der Waals surface area contributed by atoms with Crippen LogP contribution in [-0.2, 0) is 10.3 Å². The van der Waals surface area contributed by atoms with Crippen LogP contribution in [0, 0.1) is 24.2 Å². The molecule has 2 fully saturated rings. The standard InChI is InChI=1S/C16H17IO/c1-2-11-18-16(12-7-4-3-5-8-12)13-9-6-10-14(16)15(13)17/h1,3-5,7-8,13-15H,6,9-11H2/t13-,14+,15?,16?. The molecule has 4 atom stereocenters. The lowest BCUT2D eigenvalue weighted by Gasteiger charge is -2.62. The third kappa shape index (κ3) is 1.64. The zero-order valence-electron chi connectivity index (χ0n) is 10.3. The van der Waals surface area contributed by atoms with Crippen molar-refractivity contribution in [2.45, 2.75) is 28.8 Å². The molecule has 0 aliphatic heterocycles. The van der Waals surface area contributed by atoms with Crippen LogP contribution in [0.1, 0.15) is 24.8 Å². The van der Waals surface area contributed by atoms with E-state index < -0.39 is 0 Å². The fourth-order valence-electron chi connectivity index (χ4n) is 3.80. The van der Waals surface area contributed by atoms with E-state index in [1.807, 2.05) is 0 Å². The summed E-state index contributed by atoms with van der Waals surface area (Å²) in [5.41, 5.74) is 1.22. The average molecular weight is 352 g/mol. The van der Waals surface area contributed by atoms with Gasteiger partial charge >= 0.3 is 0 Å². The molecule has 0 saturated heterocycles. The smallest absolute Gasteiger partial charge is 0.108 e. The summed E-state index contributed by atoms with van der Waals surface area (Å²) < 4.78 is 6.94. The van der Waals surface area contributed by atoms with Gasteiger partial charge < -0.3 is 4.74 Å². The first kappa shape index (κ1) is 12.5. The lowest BCUT2D eigenvalue weighted by atomic mass is 9.51. The number of ether oxygens (including phenoxy) is 1. The van der Waals surface area contributed by atoms with E-state index in [4.69, 9.17) is 11.2 Å². The largest absolute Gasteiger partial charge is 0.357 e. The van der Waals surface area contributed by atoms with Gasteiger partial charge in [-0.15, -0.1) is 6.42 Å². The summed E-state index contributed by atoms with van der Waals surface area (Å²) in [7, 11) is 0. The maximum Gasteiger partial charge on any atom is 0.108 e. The van der Waals surface area contributed by atoms with Gasteiger partial charge in [0.2, 0.25) is 0 Å². The average Bonchev–Trinajstić information content (AvgIpc) is 2.45. The number of hydrogen-bond donors (Lipinski definition) is 0. The van der Waals surface area contributed by atoms with Gasteiger partial charge in [0.15, 0.2) is 0 Å². The number of terminal acetylenes is 1. The molecule has 0 spiro atoms. The summed E-state index contributed by atoms with van der Waals surface area (Å²) in [6.07, 6.45) is 9.27. The third-order valence-corrected chi connectivity index (χ3v) is 6.26. The summed E-state index contributed by atoms with van der Waals surface area (Å²) in [5.74, 6) is 3.90. The molecule has 0 aromatic heterocycles. The number of halogens is 1. The second-order valence-corrected chi connectivity index (χ2v) is 6.68. The van der Waals surface area contributed by atoms with Gasteiger partial charge in [-0.1, -0.05) is 65.3 Å². The van der Waals surface area contributed by atoms with E-state index in [1.165, 1.54) is 24.8 Å². The molecule has 94 valence electrons. The number of benzene rings is 1. The highest BCUT2D eigenvalue weighted by Gasteiger charge is 2.64. The van der Waals surface area contributed by atoms with Gasteiger partial charge in [-0.2, -0.15) is 0 Å². The molecule has 1 aromatic rings. The Kier molecular flexibility index (Phi) is 3.38. The molecular weight excluding hydrogens is 335 g/mol. The highest BCUT2D eigenvalue weighted by atomic mass is 127. The lowest BCUT2D eigenvalue weighted by molar-refractivity contribution is -0.204. The number of fused-ring (bicyclic) bond motifs is 2. The number of alkyl halides is 1. The van der Waals surface area contributed by atoms with Crippen LogP contribution in [0.5, 0.6) is 0 Å². The molecule has 2 unspecified atom stereocenters. The van der Waals surface area contributed by atoms with Gasteiger partial charge in [-0.3, -0.25) is 0 Å². The van der Waals surface area contributed by atoms with Crippen LogP contribution in [0.3, 0.4) is 0 Å². The molecule has 0 heterocycles. The lowest BCUT2D eigenvalue weighted by Crippen LogP contribution is -2.64. The molecular formula is C16H17IO. The monoisotopic (exact) mass is 352 g/mol. The molecule has 3 rings (SSSR count). The third-order valence-electron chi connectivity index (χ3n) is 4.52. The molecule has 2 aliphatic rings. The van der Waals surface area contributed by atoms with E-state index >= 15 is 0 Å². The van der Waals surface area contributed by atoms with E-state index in [-0.39, 0.29) is 5.60 Å². The Morgan fingerprint density at radius 1 is 1.28 bits per heavy atom. The molecule has 18 heavy (non-hydrogen) atoms. The maximum atomic E-state index is 6.20. The van der Waals surface area contributed by atoms with E-state index in [9.17, 15) is 0 Å². The van der Waals surface area contributed by atoms with Crippen LogP contribution in [-0.4, -0.2) is 10.5 Å². The number of hydrogen-bond acceptors (Lipinski definition) is 1. The highest BCUT2D eigenvalue weighted by Crippen LogP contribution is 2.63. The first-order valence-corrected chi connectivity index (χ1v) is 7.82. The van der Waals surface area contributed by atoms with Crippen LogP contribution in [0.15, 0.2) is 30.3 Å². The maximum absolute atomic E-state index is 6.20. The SMILES string of the molecule is C#CCOC1(c2ccccc2)[C@@H]2CCC[C@H]1C2I. The Morgan fingerprint density at radius 2 is 1.94 bits per heavy atom. The quantitative estimate of drug-likeness (QED) is 0.457. The summed E-state index contributed by atoms with van der Waals surface area (Å²) in [5, 5.41) is 0. The Balaban J connectivity index is 1.99. The summed E-state index contributed by atoms with van der Waals surface area (Å²) in [4.78, 5) is 0. The molecule has 2 bridgehead atoms. The van der Waals surface area contributed by atoms with Crippen LogP contribution < -0.4 is 0 Å². The summed E-state index contributed by atoms with van der Waals surface area (Å²) in [6, 6.07) is 10.7. The minimum Gasteiger partial charge on any atom is -0.357 e. The highest BCUT2D eigenvalue weighted by molar-refractivity contribution is 14.1. The van der Waals surface area contributed by atoms with Crippen LogP contribution in [0.4, 0.5) is 0 Å².